The van der Waals surface area contributed by atoms with E-state index in [1.165, 1.54) is 10.9 Å². The number of rotatable bonds is 5. The Bertz CT molecular complexity index is 699. The van der Waals surface area contributed by atoms with E-state index in [4.69, 9.17) is 0 Å². The molecule has 0 radical (unpaired) electrons. The molecule has 4 heteroatoms. The summed E-state index contributed by atoms with van der Waals surface area (Å²) >= 11 is 0. The molecule has 3 rings (SSSR count). The Morgan fingerprint density at radius 2 is 1.96 bits per heavy atom. The van der Waals surface area contributed by atoms with Crippen molar-refractivity contribution in [2.24, 2.45) is 5.92 Å². The van der Waals surface area contributed by atoms with Crippen molar-refractivity contribution in [2.75, 3.05) is 13.7 Å². The molecule has 1 heterocycles. The highest BCUT2D eigenvalue weighted by atomic mass is 16.3. The second-order valence-corrected chi connectivity index (χ2v) is 7.00. The number of benzene rings is 1. The average Bonchev–Trinajstić information content (AvgIpc) is 2.99. The summed E-state index contributed by atoms with van der Waals surface area (Å²) in [6, 6.07) is 8.63. The van der Waals surface area contributed by atoms with Crippen LogP contribution in [0.2, 0.25) is 0 Å². The highest BCUT2D eigenvalue weighted by Gasteiger charge is 2.26. The molecule has 0 atom stereocenters. The summed E-state index contributed by atoms with van der Waals surface area (Å²) in [4.78, 5) is 14.7. The van der Waals surface area contributed by atoms with E-state index in [0.717, 1.165) is 37.8 Å². The zero-order valence-electron chi connectivity index (χ0n) is 14.7. The van der Waals surface area contributed by atoms with Gasteiger partial charge in [-0.15, -0.1) is 0 Å². The lowest BCUT2D eigenvalue weighted by Gasteiger charge is -2.34. The minimum atomic E-state index is 0.196. The molecule has 0 bridgehead atoms. The van der Waals surface area contributed by atoms with Crippen LogP contribution in [0.4, 0.5) is 0 Å². The van der Waals surface area contributed by atoms with E-state index >= 15 is 0 Å². The monoisotopic (exact) mass is 328 g/mol. The normalized spacial score (nSPS) is 21.1. The van der Waals surface area contributed by atoms with Crippen LogP contribution in [-0.4, -0.2) is 40.2 Å². The molecular formula is C20H28N2O2. The van der Waals surface area contributed by atoms with E-state index in [1.807, 2.05) is 24.1 Å². The fourth-order valence-electron chi connectivity index (χ4n) is 3.93. The van der Waals surface area contributed by atoms with Crippen molar-refractivity contribution in [2.45, 2.75) is 51.6 Å². The quantitative estimate of drug-likeness (QED) is 0.916. The first-order valence-corrected chi connectivity index (χ1v) is 9.07. The maximum absolute atomic E-state index is 12.8. The molecule has 1 aromatic heterocycles. The van der Waals surface area contributed by atoms with Crippen LogP contribution in [0.5, 0.6) is 0 Å². The summed E-state index contributed by atoms with van der Waals surface area (Å²) in [5.74, 6) is 0.619. The van der Waals surface area contributed by atoms with Gasteiger partial charge in [0.2, 0.25) is 5.91 Å². The van der Waals surface area contributed by atoms with Gasteiger partial charge in [-0.2, -0.15) is 0 Å². The lowest BCUT2D eigenvalue weighted by molar-refractivity contribution is -0.132. The third-order valence-electron chi connectivity index (χ3n) is 5.57. The summed E-state index contributed by atoms with van der Waals surface area (Å²) in [5, 5.41) is 10.4. The van der Waals surface area contributed by atoms with Crippen molar-refractivity contribution >= 4 is 16.8 Å². The smallest absolute Gasteiger partial charge is 0.227 e. The molecule has 1 fully saturated rings. The standard InChI is InChI=1S/C20H28N2O2/c1-3-22-13-16(18-6-4-5-7-19(18)22)12-20(24)21(2)17-10-8-15(14-23)9-11-17/h4-7,13,15,17,23H,3,8-12,14H2,1-2H3. The lowest BCUT2D eigenvalue weighted by Crippen LogP contribution is -2.40. The van der Waals surface area contributed by atoms with Gasteiger partial charge in [-0.1, -0.05) is 18.2 Å². The van der Waals surface area contributed by atoms with Crippen LogP contribution in [0, 0.1) is 5.92 Å². The Labute approximate surface area is 144 Å². The van der Waals surface area contributed by atoms with Gasteiger partial charge in [0.1, 0.15) is 0 Å². The first-order valence-electron chi connectivity index (χ1n) is 9.07. The molecule has 1 aliphatic carbocycles. The van der Waals surface area contributed by atoms with Gasteiger partial charge in [0.05, 0.1) is 6.42 Å². The van der Waals surface area contributed by atoms with Crippen molar-refractivity contribution in [3.05, 3.63) is 36.0 Å². The molecule has 0 unspecified atom stereocenters. The van der Waals surface area contributed by atoms with E-state index < -0.39 is 0 Å². The molecule has 0 aliphatic heterocycles. The maximum atomic E-state index is 12.8. The number of hydrogen-bond donors (Lipinski definition) is 1. The highest BCUT2D eigenvalue weighted by Crippen LogP contribution is 2.28. The zero-order chi connectivity index (χ0) is 17.1. The number of fused-ring (bicyclic) bond motifs is 1. The molecule has 1 amide bonds. The van der Waals surface area contributed by atoms with Crippen LogP contribution >= 0.6 is 0 Å². The van der Waals surface area contributed by atoms with Crippen molar-refractivity contribution in [3.8, 4) is 0 Å². The van der Waals surface area contributed by atoms with E-state index in [2.05, 4.69) is 29.8 Å². The summed E-state index contributed by atoms with van der Waals surface area (Å²) in [5.41, 5.74) is 2.32. The van der Waals surface area contributed by atoms with Gasteiger partial charge in [0.15, 0.2) is 0 Å². The fraction of sp³-hybridized carbons (Fsp3) is 0.550. The number of aryl methyl sites for hydroxylation is 1. The van der Waals surface area contributed by atoms with Gasteiger partial charge in [0.25, 0.3) is 0 Å². The molecule has 0 saturated heterocycles. The van der Waals surface area contributed by atoms with Crippen LogP contribution in [0.15, 0.2) is 30.5 Å². The number of aromatic nitrogens is 1. The second-order valence-electron chi connectivity index (χ2n) is 7.00. The van der Waals surface area contributed by atoms with Gasteiger partial charge in [-0.05, 0) is 50.2 Å². The van der Waals surface area contributed by atoms with E-state index in [1.54, 1.807) is 0 Å². The number of hydrogen-bond acceptors (Lipinski definition) is 2. The zero-order valence-corrected chi connectivity index (χ0v) is 14.7. The number of para-hydroxylation sites is 1. The third-order valence-corrected chi connectivity index (χ3v) is 5.57. The van der Waals surface area contributed by atoms with Crippen LogP contribution in [0.25, 0.3) is 10.9 Å². The number of likely N-dealkylation sites (N-methyl/N-ethyl adjacent to an activating group) is 1. The van der Waals surface area contributed by atoms with E-state index in [0.29, 0.717) is 18.4 Å². The molecule has 1 saturated carbocycles. The van der Waals surface area contributed by atoms with Crippen molar-refractivity contribution < 1.29 is 9.90 Å². The van der Waals surface area contributed by atoms with Gasteiger partial charge in [0, 0.05) is 43.3 Å². The van der Waals surface area contributed by atoms with Crippen molar-refractivity contribution in [1.29, 1.82) is 0 Å². The maximum Gasteiger partial charge on any atom is 0.227 e. The second kappa shape index (κ2) is 7.39. The number of carbonyl (C=O) groups excluding carboxylic acids is 1. The SMILES string of the molecule is CCn1cc(CC(=O)N(C)C2CCC(CO)CC2)c2ccccc21. The van der Waals surface area contributed by atoms with Crippen LogP contribution in [0.3, 0.4) is 0 Å². The number of carbonyl (C=O) groups is 1. The summed E-state index contributed by atoms with van der Waals surface area (Å²) in [6.45, 7) is 3.32. The van der Waals surface area contributed by atoms with E-state index in [-0.39, 0.29) is 12.5 Å². The lowest BCUT2D eigenvalue weighted by atomic mass is 9.86. The minimum absolute atomic E-state index is 0.196. The number of nitrogens with zero attached hydrogens (tertiary/aromatic N) is 2. The summed E-state index contributed by atoms with van der Waals surface area (Å²) in [7, 11) is 1.94. The molecule has 1 N–H and O–H groups in total. The van der Waals surface area contributed by atoms with Gasteiger partial charge >= 0.3 is 0 Å². The third kappa shape index (κ3) is 3.34. The fourth-order valence-corrected chi connectivity index (χ4v) is 3.93. The first kappa shape index (κ1) is 17.0. The molecular weight excluding hydrogens is 300 g/mol. The molecule has 24 heavy (non-hydrogen) atoms. The Hall–Kier alpha value is -1.81. The van der Waals surface area contributed by atoms with Crippen LogP contribution in [-0.2, 0) is 17.8 Å². The van der Waals surface area contributed by atoms with Crippen molar-refractivity contribution in [3.63, 3.8) is 0 Å². The molecule has 4 nitrogen and oxygen atoms in total. The predicted molar refractivity (Wildman–Crippen MR) is 96.9 cm³/mol. The largest absolute Gasteiger partial charge is 0.396 e. The summed E-state index contributed by atoms with van der Waals surface area (Å²) in [6.07, 6.45) is 6.64. The Morgan fingerprint density at radius 3 is 2.62 bits per heavy atom. The Morgan fingerprint density at radius 1 is 1.25 bits per heavy atom. The molecule has 1 aromatic carbocycles. The first-order chi connectivity index (χ1) is 11.6. The Kier molecular flexibility index (Phi) is 5.24. The van der Waals surface area contributed by atoms with E-state index in [9.17, 15) is 9.90 Å². The predicted octanol–water partition coefficient (Wildman–Crippen LogP) is 3.21. The Balaban J connectivity index is 1.71. The number of aliphatic hydroxyl groups is 1. The number of amides is 1. The van der Waals surface area contributed by atoms with Gasteiger partial charge < -0.3 is 14.6 Å². The van der Waals surface area contributed by atoms with Crippen LogP contribution in [0.1, 0.15) is 38.2 Å². The molecule has 1 aliphatic rings. The molecule has 130 valence electrons. The van der Waals surface area contributed by atoms with Crippen LogP contribution < -0.4 is 0 Å². The molecule has 0 spiro atoms. The van der Waals surface area contributed by atoms with Gasteiger partial charge in [-0.25, -0.2) is 0 Å². The van der Waals surface area contributed by atoms with Crippen molar-refractivity contribution in [1.82, 2.24) is 9.47 Å². The molecule has 2 aromatic rings. The highest BCUT2D eigenvalue weighted by molar-refractivity contribution is 5.89. The number of aliphatic hydroxyl groups excluding tert-OH is 1. The van der Waals surface area contributed by atoms with Gasteiger partial charge in [-0.3, -0.25) is 4.79 Å². The summed E-state index contributed by atoms with van der Waals surface area (Å²) < 4.78 is 2.21. The topological polar surface area (TPSA) is 45.5 Å². The minimum Gasteiger partial charge on any atom is -0.396 e. The average molecular weight is 328 g/mol.